The molecule has 0 aliphatic carbocycles. The molecule has 1 unspecified atom stereocenters. The standard InChI is InChI=1S/C14H11BrN2O2/c15-10-5-6-16-13(8-10)17-14(18)12-7-9-3-1-2-4-11(9)19-12/h1-6,8,12H,7H2,(H,16,17,18). The number of amides is 1. The molecule has 1 amide bonds. The third-order valence-electron chi connectivity index (χ3n) is 2.91. The molecular weight excluding hydrogens is 308 g/mol. The quantitative estimate of drug-likeness (QED) is 0.926. The van der Waals surface area contributed by atoms with Crippen LogP contribution in [-0.2, 0) is 11.2 Å². The lowest BCUT2D eigenvalue weighted by molar-refractivity contribution is -0.122. The van der Waals surface area contributed by atoms with Crippen LogP contribution in [0.2, 0.25) is 0 Å². The van der Waals surface area contributed by atoms with E-state index in [0.29, 0.717) is 12.2 Å². The number of benzene rings is 1. The molecule has 0 saturated heterocycles. The van der Waals surface area contributed by atoms with Crippen LogP contribution in [0.3, 0.4) is 0 Å². The molecule has 0 radical (unpaired) electrons. The first kappa shape index (κ1) is 12.2. The average molecular weight is 319 g/mol. The summed E-state index contributed by atoms with van der Waals surface area (Å²) in [5.41, 5.74) is 1.06. The third kappa shape index (κ3) is 2.61. The van der Waals surface area contributed by atoms with Gasteiger partial charge in [-0.25, -0.2) is 4.98 Å². The van der Waals surface area contributed by atoms with Crippen molar-refractivity contribution in [3.05, 3.63) is 52.6 Å². The van der Waals surface area contributed by atoms with Gasteiger partial charge in [-0.2, -0.15) is 0 Å². The SMILES string of the molecule is O=C(Nc1cc(Br)ccn1)C1Cc2ccccc2O1. The van der Waals surface area contributed by atoms with E-state index in [9.17, 15) is 4.79 Å². The molecule has 1 aromatic carbocycles. The van der Waals surface area contributed by atoms with Gasteiger partial charge in [0.15, 0.2) is 6.10 Å². The van der Waals surface area contributed by atoms with Crippen LogP contribution in [0.5, 0.6) is 5.75 Å². The summed E-state index contributed by atoms with van der Waals surface area (Å²) >= 11 is 3.34. The molecule has 4 nitrogen and oxygen atoms in total. The number of hydrogen-bond acceptors (Lipinski definition) is 3. The number of fused-ring (bicyclic) bond motifs is 1. The Labute approximate surface area is 118 Å². The van der Waals surface area contributed by atoms with Crippen molar-refractivity contribution < 1.29 is 9.53 Å². The Morgan fingerprint density at radius 3 is 3.00 bits per heavy atom. The molecule has 1 aliphatic heterocycles. The Morgan fingerprint density at radius 2 is 2.21 bits per heavy atom. The van der Waals surface area contributed by atoms with Gasteiger partial charge >= 0.3 is 0 Å². The number of anilines is 1. The predicted octanol–water partition coefficient (Wildman–Crippen LogP) is 2.79. The highest BCUT2D eigenvalue weighted by molar-refractivity contribution is 9.10. The van der Waals surface area contributed by atoms with Gasteiger partial charge in [0.05, 0.1) is 0 Å². The lowest BCUT2D eigenvalue weighted by atomic mass is 10.1. The zero-order valence-corrected chi connectivity index (χ0v) is 11.6. The van der Waals surface area contributed by atoms with Crippen molar-refractivity contribution in [2.24, 2.45) is 0 Å². The normalized spacial score (nSPS) is 16.6. The minimum Gasteiger partial charge on any atom is -0.480 e. The Kier molecular flexibility index (Phi) is 3.21. The Balaban J connectivity index is 1.70. The molecule has 2 heterocycles. The van der Waals surface area contributed by atoms with Crippen LogP contribution in [0.1, 0.15) is 5.56 Å². The number of ether oxygens (including phenoxy) is 1. The monoisotopic (exact) mass is 318 g/mol. The molecule has 0 saturated carbocycles. The summed E-state index contributed by atoms with van der Waals surface area (Å²) in [5, 5.41) is 2.75. The molecule has 19 heavy (non-hydrogen) atoms. The second kappa shape index (κ2) is 5.01. The number of nitrogens with zero attached hydrogens (tertiary/aromatic N) is 1. The number of carbonyl (C=O) groups is 1. The second-order valence-corrected chi connectivity index (χ2v) is 5.18. The summed E-state index contributed by atoms with van der Waals surface area (Å²) < 4.78 is 6.49. The van der Waals surface area contributed by atoms with Gasteiger partial charge < -0.3 is 10.1 Å². The van der Waals surface area contributed by atoms with Crippen molar-refractivity contribution in [3.63, 3.8) is 0 Å². The van der Waals surface area contributed by atoms with E-state index in [1.165, 1.54) is 0 Å². The van der Waals surface area contributed by atoms with Gasteiger partial charge in [0.2, 0.25) is 0 Å². The molecule has 5 heteroatoms. The number of halogens is 1. The number of para-hydroxylation sites is 1. The van der Waals surface area contributed by atoms with E-state index in [1.54, 1.807) is 18.3 Å². The number of hydrogen-bond donors (Lipinski definition) is 1. The molecule has 0 spiro atoms. The van der Waals surface area contributed by atoms with E-state index in [0.717, 1.165) is 15.8 Å². The van der Waals surface area contributed by atoms with E-state index >= 15 is 0 Å². The van der Waals surface area contributed by atoms with Crippen LogP contribution in [-0.4, -0.2) is 17.0 Å². The summed E-state index contributed by atoms with van der Waals surface area (Å²) in [6.45, 7) is 0. The molecule has 2 aromatic rings. The highest BCUT2D eigenvalue weighted by Gasteiger charge is 2.28. The lowest BCUT2D eigenvalue weighted by Gasteiger charge is -2.10. The fourth-order valence-electron chi connectivity index (χ4n) is 2.01. The number of aromatic nitrogens is 1. The average Bonchev–Trinajstić information content (AvgIpc) is 2.82. The van der Waals surface area contributed by atoms with Crippen molar-refractivity contribution in [1.29, 1.82) is 0 Å². The predicted molar refractivity (Wildman–Crippen MR) is 75.1 cm³/mol. The topological polar surface area (TPSA) is 51.2 Å². The number of nitrogens with one attached hydrogen (secondary N) is 1. The minimum atomic E-state index is -0.488. The van der Waals surface area contributed by atoms with Gasteiger partial charge in [-0.1, -0.05) is 34.1 Å². The Morgan fingerprint density at radius 1 is 1.37 bits per heavy atom. The summed E-state index contributed by atoms with van der Waals surface area (Å²) in [6.07, 6.45) is 1.73. The van der Waals surface area contributed by atoms with Gasteiger partial charge in [-0.05, 0) is 23.8 Å². The summed E-state index contributed by atoms with van der Waals surface area (Å²) in [4.78, 5) is 16.2. The molecule has 96 valence electrons. The van der Waals surface area contributed by atoms with Crippen molar-refractivity contribution in [3.8, 4) is 5.75 Å². The first-order valence-electron chi connectivity index (χ1n) is 5.89. The van der Waals surface area contributed by atoms with Crippen molar-refractivity contribution in [1.82, 2.24) is 4.98 Å². The third-order valence-corrected chi connectivity index (χ3v) is 3.41. The maximum atomic E-state index is 12.1. The molecule has 0 bridgehead atoms. The fraction of sp³-hybridized carbons (Fsp3) is 0.143. The second-order valence-electron chi connectivity index (χ2n) is 4.27. The van der Waals surface area contributed by atoms with Crippen molar-refractivity contribution >= 4 is 27.7 Å². The summed E-state index contributed by atoms with van der Waals surface area (Å²) in [6, 6.07) is 11.2. The number of carbonyl (C=O) groups excluding carboxylic acids is 1. The van der Waals surface area contributed by atoms with E-state index in [2.05, 4.69) is 26.2 Å². The smallest absolute Gasteiger partial charge is 0.266 e. The zero-order valence-electron chi connectivity index (χ0n) is 9.97. The molecule has 1 N–H and O–H groups in total. The summed E-state index contributed by atoms with van der Waals surface area (Å²) in [5.74, 6) is 1.12. The highest BCUT2D eigenvalue weighted by Crippen LogP contribution is 2.28. The maximum Gasteiger partial charge on any atom is 0.266 e. The maximum absolute atomic E-state index is 12.1. The van der Waals surface area contributed by atoms with E-state index in [1.807, 2.05) is 24.3 Å². The van der Waals surface area contributed by atoms with Crippen molar-refractivity contribution in [2.75, 3.05) is 5.32 Å². The minimum absolute atomic E-state index is 0.179. The fourth-order valence-corrected chi connectivity index (χ4v) is 2.34. The molecular formula is C14H11BrN2O2. The highest BCUT2D eigenvalue weighted by atomic mass is 79.9. The van der Waals surface area contributed by atoms with Crippen molar-refractivity contribution in [2.45, 2.75) is 12.5 Å². The molecule has 1 aliphatic rings. The molecule has 1 atom stereocenters. The van der Waals surface area contributed by atoms with E-state index in [-0.39, 0.29) is 5.91 Å². The Bertz CT molecular complexity index is 605. The van der Waals surface area contributed by atoms with Crippen LogP contribution in [0.4, 0.5) is 5.82 Å². The van der Waals surface area contributed by atoms with Crippen LogP contribution < -0.4 is 10.1 Å². The van der Waals surface area contributed by atoms with Gasteiger partial charge in [-0.3, -0.25) is 4.79 Å². The molecule has 3 rings (SSSR count). The van der Waals surface area contributed by atoms with Crippen LogP contribution in [0.15, 0.2) is 47.1 Å². The first-order chi connectivity index (χ1) is 9.22. The van der Waals surface area contributed by atoms with Gasteiger partial charge in [0, 0.05) is 17.1 Å². The molecule has 1 aromatic heterocycles. The van der Waals surface area contributed by atoms with Gasteiger partial charge in [0.1, 0.15) is 11.6 Å². The van der Waals surface area contributed by atoms with Gasteiger partial charge in [0.25, 0.3) is 5.91 Å². The van der Waals surface area contributed by atoms with Crippen LogP contribution >= 0.6 is 15.9 Å². The lowest BCUT2D eigenvalue weighted by Crippen LogP contribution is -2.31. The Hall–Kier alpha value is -1.88. The van der Waals surface area contributed by atoms with E-state index < -0.39 is 6.10 Å². The summed E-state index contributed by atoms with van der Waals surface area (Å²) in [7, 11) is 0. The number of pyridine rings is 1. The first-order valence-corrected chi connectivity index (χ1v) is 6.68. The van der Waals surface area contributed by atoms with Gasteiger partial charge in [-0.15, -0.1) is 0 Å². The van der Waals surface area contributed by atoms with Crippen LogP contribution in [0, 0.1) is 0 Å². The van der Waals surface area contributed by atoms with E-state index in [4.69, 9.17) is 4.74 Å². The zero-order chi connectivity index (χ0) is 13.2. The number of rotatable bonds is 2. The van der Waals surface area contributed by atoms with Crippen LogP contribution in [0.25, 0.3) is 0 Å². The molecule has 0 fully saturated rings. The largest absolute Gasteiger partial charge is 0.480 e.